The average Bonchev–Trinajstić information content (AvgIpc) is 3.38. The summed E-state index contributed by atoms with van der Waals surface area (Å²) in [5, 5.41) is 13.6. The summed E-state index contributed by atoms with van der Waals surface area (Å²) in [6.07, 6.45) is 1.90. The van der Waals surface area contributed by atoms with Crippen molar-refractivity contribution < 1.29 is 14.7 Å². The molecule has 0 unspecified atom stereocenters. The van der Waals surface area contributed by atoms with Crippen LogP contribution in [-0.2, 0) is 11.3 Å². The molecule has 0 aliphatic heterocycles. The third kappa shape index (κ3) is 4.12. The van der Waals surface area contributed by atoms with Crippen molar-refractivity contribution in [3.63, 3.8) is 0 Å². The Morgan fingerprint density at radius 3 is 2.62 bits per heavy atom. The molecule has 138 valence electrons. The molecular formula is C20H25N3O3. The third-order valence-electron chi connectivity index (χ3n) is 4.75. The Hall–Kier alpha value is -2.63. The molecule has 1 atom stereocenters. The van der Waals surface area contributed by atoms with E-state index in [4.69, 9.17) is 0 Å². The van der Waals surface area contributed by atoms with Gasteiger partial charge in [0.1, 0.15) is 0 Å². The lowest BCUT2D eigenvalue weighted by molar-refractivity contribution is -0.141. The molecule has 6 heteroatoms. The van der Waals surface area contributed by atoms with Gasteiger partial charge in [-0.3, -0.25) is 14.3 Å². The van der Waals surface area contributed by atoms with Crippen molar-refractivity contribution >= 4 is 11.9 Å². The van der Waals surface area contributed by atoms with Gasteiger partial charge in [-0.05, 0) is 50.5 Å². The molecule has 1 amide bonds. The monoisotopic (exact) mass is 355 g/mol. The molecule has 1 heterocycles. The number of benzene rings is 1. The van der Waals surface area contributed by atoms with Crippen molar-refractivity contribution in [2.75, 3.05) is 6.54 Å². The van der Waals surface area contributed by atoms with Gasteiger partial charge in [-0.2, -0.15) is 5.10 Å². The summed E-state index contributed by atoms with van der Waals surface area (Å²) in [6, 6.07) is 9.74. The number of aliphatic carboxylic acids is 1. The number of carbonyl (C=O) groups excluding carboxylic acids is 1. The zero-order valence-electron chi connectivity index (χ0n) is 15.5. The highest BCUT2D eigenvalue weighted by Crippen LogP contribution is 2.29. The van der Waals surface area contributed by atoms with E-state index in [-0.39, 0.29) is 18.5 Å². The van der Waals surface area contributed by atoms with E-state index in [9.17, 15) is 14.7 Å². The van der Waals surface area contributed by atoms with E-state index in [0.29, 0.717) is 12.1 Å². The molecule has 1 aliphatic carbocycles. The van der Waals surface area contributed by atoms with Crippen LogP contribution in [0.5, 0.6) is 0 Å². The molecule has 1 N–H and O–H groups in total. The van der Waals surface area contributed by atoms with Gasteiger partial charge in [0.25, 0.3) is 5.91 Å². The van der Waals surface area contributed by atoms with E-state index in [1.165, 1.54) is 0 Å². The Balaban J connectivity index is 1.78. The first kappa shape index (κ1) is 18.2. The van der Waals surface area contributed by atoms with Crippen LogP contribution in [0.2, 0.25) is 0 Å². The Morgan fingerprint density at radius 2 is 2.04 bits per heavy atom. The molecule has 0 bridgehead atoms. The molecule has 0 radical (unpaired) electrons. The first-order chi connectivity index (χ1) is 12.3. The number of carboxylic acids is 1. The highest BCUT2D eigenvalue weighted by atomic mass is 16.4. The number of rotatable bonds is 7. The molecule has 6 nitrogen and oxygen atoms in total. The SMILES string of the molecule is Cc1cc(C)n(Cc2cccc(C(=O)N(C[C@H](C)C(=O)O)C3CC3)c2)n1. The molecule has 1 aromatic carbocycles. The fourth-order valence-corrected chi connectivity index (χ4v) is 3.13. The lowest BCUT2D eigenvalue weighted by atomic mass is 10.1. The summed E-state index contributed by atoms with van der Waals surface area (Å²) in [5.41, 5.74) is 3.66. The molecule has 3 rings (SSSR count). The topological polar surface area (TPSA) is 75.4 Å². The minimum atomic E-state index is -0.873. The Morgan fingerprint density at radius 1 is 1.31 bits per heavy atom. The Bertz CT molecular complexity index is 823. The minimum Gasteiger partial charge on any atom is -0.481 e. The molecule has 0 saturated heterocycles. The second-order valence-electron chi connectivity index (χ2n) is 7.21. The summed E-state index contributed by atoms with van der Waals surface area (Å²) < 4.78 is 1.92. The van der Waals surface area contributed by atoms with E-state index >= 15 is 0 Å². The minimum absolute atomic E-state index is 0.0872. The number of carboxylic acid groups (broad SMARTS) is 1. The Labute approximate surface area is 153 Å². The number of nitrogens with zero attached hydrogens (tertiary/aromatic N) is 3. The zero-order chi connectivity index (χ0) is 18.8. The van der Waals surface area contributed by atoms with E-state index in [1.807, 2.05) is 42.8 Å². The van der Waals surface area contributed by atoms with Crippen LogP contribution in [0.25, 0.3) is 0 Å². The van der Waals surface area contributed by atoms with Crippen molar-refractivity contribution in [1.82, 2.24) is 14.7 Å². The maximum absolute atomic E-state index is 13.0. The molecule has 1 saturated carbocycles. The summed E-state index contributed by atoms with van der Waals surface area (Å²) in [7, 11) is 0. The van der Waals surface area contributed by atoms with Gasteiger partial charge in [0.2, 0.25) is 0 Å². The summed E-state index contributed by atoms with van der Waals surface area (Å²) in [5.74, 6) is -1.53. The van der Waals surface area contributed by atoms with Crippen molar-refractivity contribution in [3.05, 3.63) is 52.8 Å². The van der Waals surface area contributed by atoms with Crippen LogP contribution < -0.4 is 0 Å². The van der Waals surface area contributed by atoms with Gasteiger partial charge >= 0.3 is 5.97 Å². The number of aromatic nitrogens is 2. The molecule has 1 aliphatic rings. The lowest BCUT2D eigenvalue weighted by Gasteiger charge is -2.24. The van der Waals surface area contributed by atoms with Crippen LogP contribution in [0.4, 0.5) is 0 Å². The normalized spacial score (nSPS) is 14.9. The van der Waals surface area contributed by atoms with E-state index in [0.717, 1.165) is 29.8 Å². The van der Waals surface area contributed by atoms with Crippen molar-refractivity contribution in [2.24, 2.45) is 5.92 Å². The smallest absolute Gasteiger partial charge is 0.308 e. The first-order valence-corrected chi connectivity index (χ1v) is 8.99. The van der Waals surface area contributed by atoms with Crippen LogP contribution in [0.3, 0.4) is 0 Å². The van der Waals surface area contributed by atoms with E-state index in [1.54, 1.807) is 17.9 Å². The summed E-state index contributed by atoms with van der Waals surface area (Å²) in [4.78, 5) is 25.9. The van der Waals surface area contributed by atoms with Gasteiger partial charge in [0.15, 0.2) is 0 Å². The number of carbonyl (C=O) groups is 2. The Kier molecular flexibility index (Phi) is 5.11. The average molecular weight is 355 g/mol. The highest BCUT2D eigenvalue weighted by Gasteiger charge is 2.34. The molecule has 1 fully saturated rings. The van der Waals surface area contributed by atoms with Gasteiger partial charge < -0.3 is 10.0 Å². The second kappa shape index (κ2) is 7.32. The van der Waals surface area contributed by atoms with Gasteiger partial charge in [0.05, 0.1) is 18.2 Å². The van der Waals surface area contributed by atoms with Gasteiger partial charge in [-0.1, -0.05) is 19.1 Å². The quantitative estimate of drug-likeness (QED) is 0.829. The van der Waals surface area contributed by atoms with Crippen LogP contribution in [0.15, 0.2) is 30.3 Å². The van der Waals surface area contributed by atoms with Crippen LogP contribution in [-0.4, -0.2) is 44.3 Å². The molecule has 2 aromatic rings. The standard InChI is InChI=1S/C20H25N3O3/c1-13(20(25)26)11-22(18-7-8-18)19(24)17-6-4-5-16(10-17)12-23-15(3)9-14(2)21-23/h4-6,9-10,13,18H,7-8,11-12H2,1-3H3,(H,25,26)/t13-/m0/s1. The third-order valence-corrected chi connectivity index (χ3v) is 4.75. The van der Waals surface area contributed by atoms with Crippen molar-refractivity contribution in [2.45, 2.75) is 46.2 Å². The summed E-state index contributed by atoms with van der Waals surface area (Å²) >= 11 is 0. The predicted molar refractivity (Wildman–Crippen MR) is 98.1 cm³/mol. The molecule has 0 spiro atoms. The van der Waals surface area contributed by atoms with E-state index in [2.05, 4.69) is 5.10 Å². The van der Waals surface area contributed by atoms with Crippen LogP contribution in [0.1, 0.15) is 47.1 Å². The van der Waals surface area contributed by atoms with Crippen molar-refractivity contribution in [1.29, 1.82) is 0 Å². The molecular weight excluding hydrogens is 330 g/mol. The number of hydrogen-bond donors (Lipinski definition) is 1. The van der Waals surface area contributed by atoms with Gasteiger partial charge in [-0.15, -0.1) is 0 Å². The van der Waals surface area contributed by atoms with Crippen LogP contribution >= 0.6 is 0 Å². The van der Waals surface area contributed by atoms with Gasteiger partial charge in [0, 0.05) is 23.8 Å². The number of aryl methyl sites for hydroxylation is 2. The van der Waals surface area contributed by atoms with E-state index < -0.39 is 11.9 Å². The lowest BCUT2D eigenvalue weighted by Crippen LogP contribution is -2.38. The first-order valence-electron chi connectivity index (χ1n) is 8.99. The second-order valence-corrected chi connectivity index (χ2v) is 7.21. The largest absolute Gasteiger partial charge is 0.481 e. The number of hydrogen-bond acceptors (Lipinski definition) is 3. The van der Waals surface area contributed by atoms with Gasteiger partial charge in [-0.25, -0.2) is 0 Å². The summed E-state index contributed by atoms with van der Waals surface area (Å²) in [6.45, 7) is 6.47. The highest BCUT2D eigenvalue weighted by molar-refractivity contribution is 5.95. The fourth-order valence-electron chi connectivity index (χ4n) is 3.13. The zero-order valence-corrected chi connectivity index (χ0v) is 15.5. The molecule has 26 heavy (non-hydrogen) atoms. The number of amides is 1. The fraction of sp³-hybridized carbons (Fsp3) is 0.450. The maximum atomic E-state index is 13.0. The maximum Gasteiger partial charge on any atom is 0.308 e. The van der Waals surface area contributed by atoms with Crippen molar-refractivity contribution in [3.8, 4) is 0 Å². The van der Waals surface area contributed by atoms with Crippen LogP contribution in [0, 0.1) is 19.8 Å². The molecule has 1 aromatic heterocycles. The predicted octanol–water partition coefficient (Wildman–Crippen LogP) is 2.87.